The smallest absolute Gasteiger partial charge is 0.243 e. The topological polar surface area (TPSA) is 49.4 Å². The van der Waals surface area contributed by atoms with Gasteiger partial charge in [-0.2, -0.15) is 4.31 Å². The van der Waals surface area contributed by atoms with E-state index in [0.717, 1.165) is 32.2 Å². The number of nitrogens with zero attached hydrogens (tertiary/aromatic N) is 1. The molecule has 22 heavy (non-hydrogen) atoms. The summed E-state index contributed by atoms with van der Waals surface area (Å²) < 4.78 is 26.9. The van der Waals surface area contributed by atoms with Gasteiger partial charge in [-0.25, -0.2) is 8.42 Å². The van der Waals surface area contributed by atoms with E-state index in [2.05, 4.69) is 12.2 Å². The number of piperidine rings is 1. The predicted molar refractivity (Wildman–Crippen MR) is 93.1 cm³/mol. The molecule has 0 saturated carbocycles. The van der Waals surface area contributed by atoms with Gasteiger partial charge in [-0.3, -0.25) is 0 Å². The Morgan fingerprint density at radius 1 is 1.18 bits per heavy atom. The van der Waals surface area contributed by atoms with E-state index in [4.69, 9.17) is 0 Å². The molecule has 1 aromatic rings. The Balaban J connectivity index is 0.00000242. The highest BCUT2D eigenvalue weighted by Gasteiger charge is 2.28. The van der Waals surface area contributed by atoms with Gasteiger partial charge in [0.1, 0.15) is 0 Å². The van der Waals surface area contributed by atoms with Gasteiger partial charge in [0.2, 0.25) is 10.0 Å². The Morgan fingerprint density at radius 3 is 2.27 bits per heavy atom. The van der Waals surface area contributed by atoms with Crippen LogP contribution in [0.5, 0.6) is 0 Å². The first kappa shape index (κ1) is 19.4. The quantitative estimate of drug-likeness (QED) is 0.861. The second-order valence-electron chi connectivity index (χ2n) is 5.80. The minimum atomic E-state index is -3.32. The summed E-state index contributed by atoms with van der Waals surface area (Å²) in [6.07, 6.45) is 3.95. The van der Waals surface area contributed by atoms with Gasteiger partial charge in [-0.05, 0) is 56.5 Å². The highest BCUT2D eigenvalue weighted by atomic mass is 35.5. The molecule has 2 rings (SSSR count). The molecule has 1 aliphatic rings. The number of rotatable bonds is 6. The number of hydrogen-bond donors (Lipinski definition) is 1. The largest absolute Gasteiger partial charge is 0.319 e. The van der Waals surface area contributed by atoms with E-state index in [0.29, 0.717) is 23.9 Å². The number of hydrogen-bond acceptors (Lipinski definition) is 3. The van der Waals surface area contributed by atoms with E-state index in [1.807, 2.05) is 19.2 Å². The Hall–Kier alpha value is -0.620. The van der Waals surface area contributed by atoms with Crippen molar-refractivity contribution in [3.05, 3.63) is 29.8 Å². The third kappa shape index (κ3) is 4.69. The zero-order valence-corrected chi connectivity index (χ0v) is 15.0. The van der Waals surface area contributed by atoms with Crippen LogP contribution in [0.4, 0.5) is 0 Å². The predicted octanol–water partition coefficient (Wildman–Crippen LogP) is 2.68. The molecule has 1 saturated heterocycles. The van der Waals surface area contributed by atoms with Gasteiger partial charge < -0.3 is 5.32 Å². The molecule has 0 atom stereocenters. The van der Waals surface area contributed by atoms with Crippen LogP contribution in [-0.4, -0.2) is 39.4 Å². The van der Waals surface area contributed by atoms with Crippen LogP contribution in [0.3, 0.4) is 0 Å². The second kappa shape index (κ2) is 8.87. The molecular formula is C16H27ClN2O2S. The van der Waals surface area contributed by atoms with Crippen LogP contribution in [0, 0.1) is 5.92 Å². The monoisotopic (exact) mass is 346 g/mol. The zero-order chi connectivity index (χ0) is 15.3. The Morgan fingerprint density at radius 2 is 1.77 bits per heavy atom. The van der Waals surface area contributed by atoms with Gasteiger partial charge in [0.25, 0.3) is 0 Å². The molecule has 0 bridgehead atoms. The molecule has 1 aromatic carbocycles. The van der Waals surface area contributed by atoms with Crippen LogP contribution in [0.1, 0.15) is 31.7 Å². The van der Waals surface area contributed by atoms with Crippen molar-refractivity contribution < 1.29 is 8.42 Å². The molecule has 1 aliphatic heterocycles. The molecule has 126 valence electrons. The van der Waals surface area contributed by atoms with Gasteiger partial charge in [0, 0.05) is 13.1 Å². The average molecular weight is 347 g/mol. The molecular weight excluding hydrogens is 320 g/mol. The van der Waals surface area contributed by atoms with Gasteiger partial charge in [0.15, 0.2) is 0 Å². The molecule has 1 heterocycles. The SMILES string of the molecule is CCCc1ccc(S(=O)(=O)N2CCC(CNC)CC2)cc1.Cl. The molecule has 0 unspecified atom stereocenters. The van der Waals surface area contributed by atoms with E-state index in [-0.39, 0.29) is 12.4 Å². The maximum Gasteiger partial charge on any atom is 0.243 e. The number of halogens is 1. The van der Waals surface area contributed by atoms with Crippen molar-refractivity contribution in [2.75, 3.05) is 26.7 Å². The zero-order valence-electron chi connectivity index (χ0n) is 13.4. The third-order valence-electron chi connectivity index (χ3n) is 4.17. The lowest BCUT2D eigenvalue weighted by Crippen LogP contribution is -2.40. The molecule has 0 aliphatic carbocycles. The lowest BCUT2D eigenvalue weighted by Gasteiger charge is -2.31. The summed E-state index contributed by atoms with van der Waals surface area (Å²) in [4.78, 5) is 0.425. The summed E-state index contributed by atoms with van der Waals surface area (Å²) in [6, 6.07) is 7.37. The molecule has 6 heteroatoms. The van der Waals surface area contributed by atoms with Crippen LogP contribution >= 0.6 is 12.4 Å². The number of sulfonamides is 1. The lowest BCUT2D eigenvalue weighted by molar-refractivity contribution is 0.270. The summed E-state index contributed by atoms with van der Waals surface area (Å²) in [5.74, 6) is 0.591. The van der Waals surface area contributed by atoms with Crippen LogP contribution < -0.4 is 5.32 Å². The lowest BCUT2D eigenvalue weighted by atomic mass is 9.98. The maximum absolute atomic E-state index is 12.6. The summed E-state index contributed by atoms with van der Waals surface area (Å²) in [7, 11) is -1.37. The molecule has 0 spiro atoms. The fraction of sp³-hybridized carbons (Fsp3) is 0.625. The van der Waals surface area contributed by atoms with Crippen LogP contribution in [0.2, 0.25) is 0 Å². The Kier molecular flexibility index (Phi) is 7.83. The van der Waals surface area contributed by atoms with Gasteiger partial charge in [-0.1, -0.05) is 25.5 Å². The third-order valence-corrected chi connectivity index (χ3v) is 6.08. The van der Waals surface area contributed by atoms with Crippen molar-refractivity contribution in [1.82, 2.24) is 9.62 Å². The summed E-state index contributed by atoms with van der Waals surface area (Å²) in [6.45, 7) is 4.36. The van der Waals surface area contributed by atoms with Gasteiger partial charge in [-0.15, -0.1) is 12.4 Å². The van der Waals surface area contributed by atoms with Crippen molar-refractivity contribution in [1.29, 1.82) is 0 Å². The van der Waals surface area contributed by atoms with Crippen molar-refractivity contribution in [2.45, 2.75) is 37.5 Å². The van der Waals surface area contributed by atoms with E-state index < -0.39 is 10.0 Å². The minimum absolute atomic E-state index is 0. The highest BCUT2D eigenvalue weighted by Crippen LogP contribution is 2.23. The second-order valence-corrected chi connectivity index (χ2v) is 7.74. The molecule has 0 aromatic heterocycles. The fourth-order valence-corrected chi connectivity index (χ4v) is 4.38. The molecule has 0 radical (unpaired) electrons. The van der Waals surface area contributed by atoms with Crippen LogP contribution in [0.25, 0.3) is 0 Å². The Labute approximate surface area is 140 Å². The van der Waals surface area contributed by atoms with E-state index in [1.165, 1.54) is 5.56 Å². The first-order valence-corrected chi connectivity index (χ1v) is 9.25. The standard InChI is InChI=1S/C16H26N2O2S.ClH/c1-3-4-14-5-7-16(8-6-14)21(19,20)18-11-9-15(10-12-18)13-17-2;/h5-8,15,17H,3-4,9-13H2,1-2H3;1H. The number of aryl methyl sites for hydroxylation is 1. The van der Waals surface area contributed by atoms with Crippen LogP contribution in [0.15, 0.2) is 29.2 Å². The van der Waals surface area contributed by atoms with E-state index in [9.17, 15) is 8.42 Å². The van der Waals surface area contributed by atoms with E-state index in [1.54, 1.807) is 16.4 Å². The van der Waals surface area contributed by atoms with Gasteiger partial charge in [0.05, 0.1) is 4.90 Å². The average Bonchev–Trinajstić information content (AvgIpc) is 2.49. The Bertz CT molecular complexity index is 538. The normalized spacial score (nSPS) is 17.2. The molecule has 1 fully saturated rings. The van der Waals surface area contributed by atoms with Crippen LogP contribution in [-0.2, 0) is 16.4 Å². The van der Waals surface area contributed by atoms with Crippen molar-refractivity contribution >= 4 is 22.4 Å². The molecule has 0 amide bonds. The molecule has 1 N–H and O–H groups in total. The number of benzene rings is 1. The summed E-state index contributed by atoms with van der Waals surface area (Å²) in [5, 5.41) is 3.17. The van der Waals surface area contributed by atoms with Crippen molar-refractivity contribution in [3.63, 3.8) is 0 Å². The summed E-state index contributed by atoms with van der Waals surface area (Å²) >= 11 is 0. The first-order valence-electron chi connectivity index (χ1n) is 7.81. The minimum Gasteiger partial charge on any atom is -0.319 e. The van der Waals surface area contributed by atoms with Gasteiger partial charge >= 0.3 is 0 Å². The maximum atomic E-state index is 12.6. The van der Waals surface area contributed by atoms with Crippen molar-refractivity contribution in [2.24, 2.45) is 5.92 Å². The highest BCUT2D eigenvalue weighted by molar-refractivity contribution is 7.89. The fourth-order valence-electron chi connectivity index (χ4n) is 2.91. The molecule has 4 nitrogen and oxygen atoms in total. The summed E-state index contributed by atoms with van der Waals surface area (Å²) in [5.41, 5.74) is 1.20. The first-order chi connectivity index (χ1) is 10.1. The van der Waals surface area contributed by atoms with Crippen molar-refractivity contribution in [3.8, 4) is 0 Å². The number of nitrogens with one attached hydrogen (secondary N) is 1. The van der Waals surface area contributed by atoms with E-state index >= 15 is 0 Å².